The smallest absolute Gasteiger partial charge is 0.260 e. The molecule has 0 aliphatic rings. The molecule has 0 bridgehead atoms. The van der Waals surface area contributed by atoms with Gasteiger partial charge in [0, 0.05) is 34.9 Å². The zero-order chi connectivity index (χ0) is 23.7. The third-order valence-corrected chi connectivity index (χ3v) is 7.41. The van der Waals surface area contributed by atoms with Gasteiger partial charge in [0.05, 0.1) is 11.1 Å². The van der Waals surface area contributed by atoms with Crippen LogP contribution >= 0.6 is 23.1 Å². The largest absolute Gasteiger partial charge is 0.309 e. The van der Waals surface area contributed by atoms with Crippen molar-refractivity contribution in [3.63, 3.8) is 0 Å². The molecule has 0 spiro atoms. The fourth-order valence-corrected chi connectivity index (χ4v) is 5.72. The van der Waals surface area contributed by atoms with Crippen molar-refractivity contribution < 1.29 is 0 Å². The minimum Gasteiger partial charge on any atom is -0.309 e. The average molecular weight is 487 g/mol. The van der Waals surface area contributed by atoms with Gasteiger partial charge < -0.3 is 4.98 Å². The fraction of sp³-hybridized carbons (Fsp3) is 0.160. The molecular formula is C25H22N6OS2. The highest BCUT2D eigenvalue weighted by atomic mass is 32.2. The standard InChI is InChI=1S/C25H22N6OS2/c1-4-13-31-22(18-9-11-26-12-10-18)29-30-25(31)33-14-19-27-23(32)21-20(16(3)34-24(21)28-19)17-7-5-15(2)6-8-17/h4-12H,1,13-14H2,2-3H3,(H,27,28,32). The molecule has 4 aromatic heterocycles. The highest BCUT2D eigenvalue weighted by Gasteiger charge is 2.18. The minimum atomic E-state index is -0.120. The summed E-state index contributed by atoms with van der Waals surface area (Å²) in [6.45, 7) is 8.52. The van der Waals surface area contributed by atoms with E-state index in [0.717, 1.165) is 37.4 Å². The van der Waals surface area contributed by atoms with Gasteiger partial charge >= 0.3 is 0 Å². The SMILES string of the molecule is C=CCn1c(SCc2nc3sc(C)c(-c4ccc(C)cc4)c3c(=O)[nH]2)nnc1-c1ccncc1. The van der Waals surface area contributed by atoms with Crippen LogP contribution in [-0.2, 0) is 12.3 Å². The van der Waals surface area contributed by atoms with Gasteiger partial charge in [-0.1, -0.05) is 47.7 Å². The van der Waals surface area contributed by atoms with E-state index >= 15 is 0 Å². The number of thiophene rings is 1. The van der Waals surface area contributed by atoms with Gasteiger partial charge in [-0.25, -0.2) is 4.98 Å². The Morgan fingerprint density at radius 2 is 1.85 bits per heavy atom. The Bertz CT molecular complexity index is 1530. The normalized spacial score (nSPS) is 11.2. The predicted molar refractivity (Wildman–Crippen MR) is 138 cm³/mol. The summed E-state index contributed by atoms with van der Waals surface area (Å²) in [4.78, 5) is 26.7. The number of nitrogens with zero attached hydrogens (tertiary/aromatic N) is 5. The van der Waals surface area contributed by atoms with E-state index in [-0.39, 0.29) is 5.56 Å². The van der Waals surface area contributed by atoms with Gasteiger partial charge in [0.25, 0.3) is 5.56 Å². The number of aryl methyl sites for hydroxylation is 2. The summed E-state index contributed by atoms with van der Waals surface area (Å²) >= 11 is 3.03. The molecule has 170 valence electrons. The van der Waals surface area contributed by atoms with Crippen LogP contribution in [0.5, 0.6) is 0 Å². The second-order valence-corrected chi connectivity index (χ2v) is 9.97. The summed E-state index contributed by atoms with van der Waals surface area (Å²) in [6.07, 6.45) is 5.27. The van der Waals surface area contributed by atoms with E-state index in [4.69, 9.17) is 4.98 Å². The van der Waals surface area contributed by atoms with Crippen LogP contribution in [0.2, 0.25) is 0 Å². The molecule has 0 atom stereocenters. The van der Waals surface area contributed by atoms with Crippen molar-refractivity contribution in [1.29, 1.82) is 0 Å². The van der Waals surface area contributed by atoms with Crippen LogP contribution in [0, 0.1) is 13.8 Å². The lowest BCUT2D eigenvalue weighted by Crippen LogP contribution is -2.11. The van der Waals surface area contributed by atoms with Gasteiger partial charge in [0.15, 0.2) is 11.0 Å². The molecule has 1 N–H and O–H groups in total. The van der Waals surface area contributed by atoms with Crippen LogP contribution in [0.15, 0.2) is 71.4 Å². The first kappa shape index (κ1) is 22.2. The van der Waals surface area contributed by atoms with Crippen LogP contribution in [0.4, 0.5) is 0 Å². The topological polar surface area (TPSA) is 89.4 Å². The van der Waals surface area contributed by atoms with E-state index in [1.807, 2.05) is 29.7 Å². The van der Waals surface area contributed by atoms with Crippen LogP contribution in [-0.4, -0.2) is 29.7 Å². The molecule has 1 aromatic carbocycles. The summed E-state index contributed by atoms with van der Waals surface area (Å²) in [7, 11) is 0. The van der Waals surface area contributed by atoms with E-state index in [1.165, 1.54) is 17.3 Å². The Kier molecular flexibility index (Phi) is 6.12. The van der Waals surface area contributed by atoms with Crippen LogP contribution in [0.25, 0.3) is 32.7 Å². The Morgan fingerprint density at radius 3 is 2.59 bits per heavy atom. The number of pyridine rings is 1. The number of nitrogens with one attached hydrogen (secondary N) is 1. The second-order valence-electron chi connectivity index (χ2n) is 7.82. The van der Waals surface area contributed by atoms with Crippen LogP contribution in [0.1, 0.15) is 16.3 Å². The first-order valence-electron chi connectivity index (χ1n) is 10.7. The summed E-state index contributed by atoms with van der Waals surface area (Å²) in [5.41, 5.74) is 3.99. The Morgan fingerprint density at radius 1 is 1.09 bits per heavy atom. The molecule has 0 saturated carbocycles. The van der Waals surface area contributed by atoms with Crippen molar-refractivity contribution in [3.8, 4) is 22.5 Å². The molecule has 0 saturated heterocycles. The summed E-state index contributed by atoms with van der Waals surface area (Å²) in [5, 5.41) is 10.1. The van der Waals surface area contributed by atoms with Gasteiger partial charge in [0.2, 0.25) is 0 Å². The average Bonchev–Trinajstić information content (AvgIpc) is 3.39. The number of fused-ring (bicyclic) bond motifs is 1. The maximum Gasteiger partial charge on any atom is 0.260 e. The van der Waals surface area contributed by atoms with Gasteiger partial charge in [0.1, 0.15) is 10.7 Å². The summed E-state index contributed by atoms with van der Waals surface area (Å²) in [5.74, 6) is 1.82. The van der Waals surface area contributed by atoms with Gasteiger partial charge in [-0.05, 0) is 31.5 Å². The molecule has 9 heteroatoms. The third-order valence-electron chi connectivity index (χ3n) is 5.43. The number of benzene rings is 1. The molecule has 0 radical (unpaired) electrons. The van der Waals surface area contributed by atoms with E-state index in [0.29, 0.717) is 23.5 Å². The minimum absolute atomic E-state index is 0.120. The number of allylic oxidation sites excluding steroid dienone is 1. The molecule has 7 nitrogen and oxygen atoms in total. The monoisotopic (exact) mass is 486 g/mol. The maximum atomic E-state index is 13.1. The van der Waals surface area contributed by atoms with Crippen LogP contribution in [0.3, 0.4) is 0 Å². The number of aromatic nitrogens is 6. The van der Waals surface area contributed by atoms with E-state index in [9.17, 15) is 4.79 Å². The summed E-state index contributed by atoms with van der Waals surface area (Å²) < 4.78 is 1.99. The molecule has 5 aromatic rings. The molecule has 4 heterocycles. The predicted octanol–water partition coefficient (Wildman–Crippen LogP) is 5.40. The van der Waals surface area contributed by atoms with Gasteiger partial charge in [-0.15, -0.1) is 28.1 Å². The first-order valence-corrected chi connectivity index (χ1v) is 12.5. The number of hydrogen-bond acceptors (Lipinski definition) is 7. The molecule has 0 aliphatic carbocycles. The van der Waals surface area contributed by atoms with Crippen LogP contribution < -0.4 is 5.56 Å². The van der Waals surface area contributed by atoms with E-state index in [2.05, 4.69) is 57.9 Å². The van der Waals surface area contributed by atoms with E-state index in [1.54, 1.807) is 23.7 Å². The Hall–Kier alpha value is -3.56. The van der Waals surface area contributed by atoms with Crippen molar-refractivity contribution in [2.24, 2.45) is 0 Å². The lowest BCUT2D eigenvalue weighted by atomic mass is 10.0. The molecule has 34 heavy (non-hydrogen) atoms. The maximum absolute atomic E-state index is 13.1. The highest BCUT2D eigenvalue weighted by molar-refractivity contribution is 7.98. The Balaban J connectivity index is 1.46. The quantitative estimate of drug-likeness (QED) is 0.245. The molecule has 0 unspecified atom stereocenters. The summed E-state index contributed by atoms with van der Waals surface area (Å²) in [6, 6.07) is 12.0. The number of rotatable bonds is 7. The zero-order valence-corrected chi connectivity index (χ0v) is 20.4. The van der Waals surface area contributed by atoms with E-state index < -0.39 is 0 Å². The molecular weight excluding hydrogens is 464 g/mol. The van der Waals surface area contributed by atoms with Crippen molar-refractivity contribution in [3.05, 3.63) is 88.1 Å². The fourth-order valence-electron chi connectivity index (χ4n) is 3.84. The highest BCUT2D eigenvalue weighted by Crippen LogP contribution is 2.36. The number of H-pyrrole nitrogens is 1. The second kappa shape index (κ2) is 9.36. The first-order chi connectivity index (χ1) is 16.5. The van der Waals surface area contributed by atoms with Gasteiger partial charge in [-0.3, -0.25) is 14.3 Å². The van der Waals surface area contributed by atoms with Crippen molar-refractivity contribution in [2.45, 2.75) is 31.3 Å². The Labute approximate surface area is 204 Å². The van der Waals surface area contributed by atoms with Crippen molar-refractivity contribution >= 4 is 33.3 Å². The lowest BCUT2D eigenvalue weighted by molar-refractivity contribution is 0.730. The number of hydrogen-bond donors (Lipinski definition) is 1. The number of thioether (sulfide) groups is 1. The van der Waals surface area contributed by atoms with Crippen molar-refractivity contribution in [1.82, 2.24) is 29.7 Å². The number of aromatic amines is 1. The molecule has 0 fully saturated rings. The van der Waals surface area contributed by atoms with Gasteiger partial charge in [-0.2, -0.15) is 0 Å². The van der Waals surface area contributed by atoms with Crippen molar-refractivity contribution in [2.75, 3.05) is 0 Å². The zero-order valence-electron chi connectivity index (χ0n) is 18.8. The molecule has 0 amide bonds. The molecule has 0 aliphatic heterocycles. The third kappa shape index (κ3) is 4.20. The molecule has 5 rings (SSSR count). The lowest BCUT2D eigenvalue weighted by Gasteiger charge is -2.07.